The largest absolute Gasteiger partial charge is 0.416 e. The molecule has 3 aromatic carbocycles. The maximum absolute atomic E-state index is 12.8. The molecule has 3 rings (SSSR count). The summed E-state index contributed by atoms with van der Waals surface area (Å²) < 4.78 is 92.5. The van der Waals surface area contributed by atoms with Gasteiger partial charge in [0, 0.05) is 23.5 Å². The first kappa shape index (κ1) is 24.0. The summed E-state index contributed by atoms with van der Waals surface area (Å²) in [6, 6.07) is 12.3. The number of nitrogens with zero attached hydrogens (tertiary/aromatic N) is 1. The molecule has 0 spiro atoms. The van der Waals surface area contributed by atoms with Crippen molar-refractivity contribution in [1.29, 1.82) is 0 Å². The summed E-state index contributed by atoms with van der Waals surface area (Å²) >= 11 is 0. The van der Waals surface area contributed by atoms with Crippen LogP contribution in [0.25, 0.3) is 0 Å². The van der Waals surface area contributed by atoms with Gasteiger partial charge < -0.3 is 0 Å². The van der Waals surface area contributed by atoms with Gasteiger partial charge >= 0.3 is 6.18 Å². The van der Waals surface area contributed by atoms with E-state index in [0.29, 0.717) is 6.07 Å². The summed E-state index contributed by atoms with van der Waals surface area (Å²) in [5, 5.41) is 10.8. The summed E-state index contributed by atoms with van der Waals surface area (Å²) in [7, 11) is -8.48. The van der Waals surface area contributed by atoms with Gasteiger partial charge in [0.2, 0.25) is 0 Å². The van der Waals surface area contributed by atoms with Crippen LogP contribution in [-0.2, 0) is 26.2 Å². The van der Waals surface area contributed by atoms with Crippen molar-refractivity contribution in [2.24, 2.45) is 0 Å². The van der Waals surface area contributed by atoms with Crippen molar-refractivity contribution in [2.45, 2.75) is 16.0 Å². The van der Waals surface area contributed by atoms with Gasteiger partial charge in [0.05, 0.1) is 20.3 Å². The van der Waals surface area contributed by atoms with Gasteiger partial charge in [0.15, 0.2) is 0 Å². The summed E-state index contributed by atoms with van der Waals surface area (Å²) in [6.45, 7) is 0. The number of nitro benzene ring substituents is 1. The quantitative estimate of drug-likeness (QED) is 0.368. The highest BCUT2D eigenvalue weighted by Gasteiger charge is 2.30. The molecular weight excluding hydrogens is 487 g/mol. The minimum Gasteiger partial charge on any atom is -0.280 e. The van der Waals surface area contributed by atoms with Crippen molar-refractivity contribution in [2.75, 3.05) is 9.44 Å². The van der Waals surface area contributed by atoms with Crippen molar-refractivity contribution in [3.8, 4) is 0 Å². The minimum absolute atomic E-state index is 0.0421. The Hall–Kier alpha value is -3.65. The molecule has 0 saturated carbocycles. The summed E-state index contributed by atoms with van der Waals surface area (Å²) in [4.78, 5) is 9.38. The van der Waals surface area contributed by atoms with Gasteiger partial charge in [-0.2, -0.15) is 13.2 Å². The van der Waals surface area contributed by atoms with Crippen molar-refractivity contribution in [3.63, 3.8) is 0 Å². The first-order valence-corrected chi connectivity index (χ1v) is 11.8. The normalized spacial score (nSPS) is 12.2. The first-order chi connectivity index (χ1) is 15.3. The van der Waals surface area contributed by atoms with E-state index in [2.05, 4.69) is 4.72 Å². The average Bonchev–Trinajstić information content (AvgIpc) is 2.73. The molecule has 0 amide bonds. The van der Waals surface area contributed by atoms with E-state index in [0.717, 1.165) is 60.7 Å². The highest BCUT2D eigenvalue weighted by Crippen LogP contribution is 2.31. The number of hydrogen-bond donors (Lipinski definition) is 2. The van der Waals surface area contributed by atoms with E-state index < -0.39 is 42.4 Å². The molecule has 0 aliphatic carbocycles. The number of non-ortho nitro benzene ring substituents is 1. The SMILES string of the molecule is O=[N+]([O-])c1cccc(S(=O)(=O)Nc2ccc(S(=O)(=O)Nc3cccc(C(F)(F)F)c3)cc2)c1. The van der Waals surface area contributed by atoms with Crippen LogP contribution in [0.5, 0.6) is 0 Å². The molecule has 9 nitrogen and oxygen atoms in total. The standard InChI is InChI=1S/C19H14F3N3O6S2/c20-19(21,22)13-3-1-4-15(11-13)24-32(28,29)17-9-7-14(8-10-17)23-33(30,31)18-6-2-5-16(12-18)25(26)27/h1-12,23-24H. The number of hydrogen-bond acceptors (Lipinski definition) is 6. The lowest BCUT2D eigenvalue weighted by Crippen LogP contribution is -2.15. The third kappa shape index (κ3) is 5.78. The van der Waals surface area contributed by atoms with E-state index in [1.54, 1.807) is 0 Å². The fraction of sp³-hybridized carbons (Fsp3) is 0.0526. The Morgan fingerprint density at radius 2 is 1.30 bits per heavy atom. The third-order valence-electron chi connectivity index (χ3n) is 4.20. The van der Waals surface area contributed by atoms with Crippen LogP contribution >= 0.6 is 0 Å². The number of nitrogens with one attached hydrogen (secondary N) is 2. The molecule has 3 aromatic rings. The molecule has 0 fully saturated rings. The topological polar surface area (TPSA) is 135 Å². The minimum atomic E-state index is -4.65. The lowest BCUT2D eigenvalue weighted by molar-refractivity contribution is -0.385. The van der Waals surface area contributed by atoms with Gasteiger partial charge in [-0.15, -0.1) is 0 Å². The fourth-order valence-electron chi connectivity index (χ4n) is 2.65. The Bertz CT molecular complexity index is 1410. The number of sulfonamides is 2. The van der Waals surface area contributed by atoms with E-state index in [4.69, 9.17) is 0 Å². The summed E-state index contributed by atoms with van der Waals surface area (Å²) in [5.41, 5.74) is -1.81. The Kier molecular flexibility index (Phi) is 6.33. The lowest BCUT2D eigenvalue weighted by atomic mass is 10.2. The summed E-state index contributed by atoms with van der Waals surface area (Å²) in [6.07, 6.45) is -4.65. The average molecular weight is 501 g/mol. The predicted octanol–water partition coefficient (Wildman–Crippen LogP) is 4.22. The molecule has 14 heteroatoms. The second-order valence-corrected chi connectivity index (χ2v) is 9.93. The molecule has 174 valence electrons. The first-order valence-electron chi connectivity index (χ1n) is 8.85. The van der Waals surface area contributed by atoms with E-state index in [1.165, 1.54) is 6.07 Å². The second-order valence-electron chi connectivity index (χ2n) is 6.57. The molecule has 2 N–H and O–H groups in total. The van der Waals surface area contributed by atoms with Crippen LogP contribution in [0.3, 0.4) is 0 Å². The maximum Gasteiger partial charge on any atom is 0.416 e. The Morgan fingerprint density at radius 1 is 0.727 bits per heavy atom. The number of nitro groups is 1. The zero-order valence-electron chi connectivity index (χ0n) is 16.3. The second kappa shape index (κ2) is 8.71. The number of anilines is 2. The van der Waals surface area contributed by atoms with E-state index >= 15 is 0 Å². The van der Waals surface area contributed by atoms with Gasteiger partial charge in [-0.1, -0.05) is 12.1 Å². The van der Waals surface area contributed by atoms with Gasteiger partial charge in [-0.05, 0) is 48.5 Å². The monoisotopic (exact) mass is 501 g/mol. The molecule has 0 atom stereocenters. The van der Waals surface area contributed by atoms with Gasteiger partial charge in [0.1, 0.15) is 0 Å². The van der Waals surface area contributed by atoms with Crippen LogP contribution < -0.4 is 9.44 Å². The van der Waals surface area contributed by atoms with E-state index in [9.17, 15) is 40.1 Å². The van der Waals surface area contributed by atoms with Crippen molar-refractivity contribution in [3.05, 3.63) is 88.5 Å². The molecule has 0 radical (unpaired) electrons. The Balaban J connectivity index is 1.79. The molecule has 0 saturated heterocycles. The van der Waals surface area contributed by atoms with Gasteiger partial charge in [0.25, 0.3) is 25.7 Å². The Labute approximate surface area is 186 Å². The number of alkyl halides is 3. The molecule has 0 aliphatic rings. The van der Waals surface area contributed by atoms with Crippen molar-refractivity contribution < 1.29 is 34.9 Å². The van der Waals surface area contributed by atoms with Crippen LogP contribution in [0, 0.1) is 10.1 Å². The molecule has 0 unspecified atom stereocenters. The number of benzene rings is 3. The van der Waals surface area contributed by atoms with Crippen molar-refractivity contribution in [1.82, 2.24) is 0 Å². The molecule has 0 aromatic heterocycles. The van der Waals surface area contributed by atoms with Crippen LogP contribution in [0.2, 0.25) is 0 Å². The molecule has 0 heterocycles. The number of rotatable bonds is 7. The summed E-state index contributed by atoms with van der Waals surface area (Å²) in [5.74, 6) is 0. The highest BCUT2D eigenvalue weighted by atomic mass is 32.2. The maximum atomic E-state index is 12.8. The molecular formula is C19H14F3N3O6S2. The lowest BCUT2D eigenvalue weighted by Gasteiger charge is -2.12. The molecule has 0 aliphatic heterocycles. The van der Waals surface area contributed by atoms with E-state index in [1.807, 2.05) is 4.72 Å². The van der Waals surface area contributed by atoms with Gasteiger partial charge in [-0.25, -0.2) is 16.8 Å². The van der Waals surface area contributed by atoms with Crippen LogP contribution in [0.4, 0.5) is 30.2 Å². The van der Waals surface area contributed by atoms with Crippen LogP contribution in [-0.4, -0.2) is 21.8 Å². The molecule has 0 bridgehead atoms. The number of halogens is 3. The van der Waals surface area contributed by atoms with E-state index in [-0.39, 0.29) is 21.2 Å². The smallest absolute Gasteiger partial charge is 0.280 e. The fourth-order valence-corrected chi connectivity index (χ4v) is 4.80. The zero-order valence-corrected chi connectivity index (χ0v) is 17.9. The zero-order chi connectivity index (χ0) is 24.4. The van der Waals surface area contributed by atoms with Crippen LogP contribution in [0.15, 0.2) is 82.6 Å². The highest BCUT2D eigenvalue weighted by molar-refractivity contribution is 7.93. The Morgan fingerprint density at radius 3 is 1.91 bits per heavy atom. The van der Waals surface area contributed by atoms with Crippen LogP contribution in [0.1, 0.15) is 5.56 Å². The third-order valence-corrected chi connectivity index (χ3v) is 6.97. The predicted molar refractivity (Wildman–Crippen MR) is 113 cm³/mol. The van der Waals surface area contributed by atoms with Crippen molar-refractivity contribution >= 4 is 37.1 Å². The molecule has 33 heavy (non-hydrogen) atoms. The van der Waals surface area contributed by atoms with Gasteiger partial charge in [-0.3, -0.25) is 19.6 Å².